The zero-order valence-electron chi connectivity index (χ0n) is 17.2. The number of carbonyl (C=O) groups is 1. The van der Waals surface area contributed by atoms with E-state index in [0.717, 1.165) is 11.3 Å². The number of amides is 1. The fourth-order valence-corrected chi connectivity index (χ4v) is 5.02. The Kier molecular flexibility index (Phi) is 7.03. The van der Waals surface area contributed by atoms with Gasteiger partial charge >= 0.3 is 0 Å². The van der Waals surface area contributed by atoms with Crippen LogP contribution in [0.1, 0.15) is 0 Å². The first-order valence-electron chi connectivity index (χ1n) is 9.11. The number of rotatable bonds is 9. The molecule has 3 rings (SSSR count). The Labute approximate surface area is 185 Å². The van der Waals surface area contributed by atoms with Crippen LogP contribution in [0.3, 0.4) is 0 Å². The summed E-state index contributed by atoms with van der Waals surface area (Å²) in [5, 5.41) is 4.43. The third kappa shape index (κ3) is 5.47. The molecule has 0 saturated heterocycles. The second-order valence-corrected chi connectivity index (χ2v) is 9.48. The summed E-state index contributed by atoms with van der Waals surface area (Å²) in [6.45, 7) is -0.220. The number of sulfonamides is 1. The van der Waals surface area contributed by atoms with Gasteiger partial charge in [0.25, 0.3) is 15.9 Å². The third-order valence-corrected chi connectivity index (χ3v) is 7.47. The molecule has 0 aliphatic carbocycles. The molecule has 0 aliphatic rings. The lowest BCUT2D eigenvalue weighted by atomic mass is 10.2. The maximum Gasteiger partial charge on any atom is 0.273 e. The highest BCUT2D eigenvalue weighted by Crippen LogP contribution is 2.27. The highest BCUT2D eigenvalue weighted by atomic mass is 32.2. The lowest BCUT2D eigenvalue weighted by Gasteiger charge is -2.18. The zero-order valence-corrected chi connectivity index (χ0v) is 18.8. The topological polar surface area (TPSA) is 94.2 Å². The molecular weight excluding hydrogens is 440 g/mol. The lowest BCUT2D eigenvalue weighted by Crippen LogP contribution is -2.25. The summed E-state index contributed by atoms with van der Waals surface area (Å²) in [6, 6.07) is 14.7. The van der Waals surface area contributed by atoms with E-state index >= 15 is 0 Å². The Morgan fingerprint density at radius 1 is 1.00 bits per heavy atom. The van der Waals surface area contributed by atoms with Crippen LogP contribution in [0, 0.1) is 0 Å². The predicted molar refractivity (Wildman–Crippen MR) is 120 cm³/mol. The molecule has 0 aliphatic heterocycles. The molecular formula is C21H22N2O6S2. The van der Waals surface area contributed by atoms with E-state index in [0.29, 0.717) is 28.6 Å². The Hall–Kier alpha value is -3.24. The Balaban J connectivity index is 1.60. The van der Waals surface area contributed by atoms with E-state index < -0.39 is 10.0 Å². The van der Waals surface area contributed by atoms with Crippen molar-refractivity contribution in [3.8, 4) is 17.2 Å². The smallest absolute Gasteiger partial charge is 0.273 e. The van der Waals surface area contributed by atoms with Gasteiger partial charge in [0.05, 0.1) is 19.9 Å². The number of thiophene rings is 1. The average molecular weight is 463 g/mol. The summed E-state index contributed by atoms with van der Waals surface area (Å²) in [6.07, 6.45) is 0. The molecule has 2 aromatic carbocycles. The van der Waals surface area contributed by atoms with Gasteiger partial charge < -0.3 is 19.5 Å². The fraction of sp³-hybridized carbons (Fsp3) is 0.190. The van der Waals surface area contributed by atoms with Gasteiger partial charge in [0.1, 0.15) is 21.5 Å². The summed E-state index contributed by atoms with van der Waals surface area (Å²) < 4.78 is 42.5. The minimum Gasteiger partial charge on any atom is -0.497 e. The normalized spacial score (nSPS) is 10.9. The van der Waals surface area contributed by atoms with E-state index in [-0.39, 0.29) is 16.7 Å². The van der Waals surface area contributed by atoms with Crippen molar-refractivity contribution in [2.45, 2.75) is 4.21 Å². The molecule has 0 radical (unpaired) electrons. The van der Waals surface area contributed by atoms with Gasteiger partial charge in [0.15, 0.2) is 6.61 Å². The van der Waals surface area contributed by atoms with Gasteiger partial charge in [-0.15, -0.1) is 11.3 Å². The first-order valence-corrected chi connectivity index (χ1v) is 11.4. The molecule has 0 fully saturated rings. The van der Waals surface area contributed by atoms with Gasteiger partial charge in [-0.3, -0.25) is 9.10 Å². The van der Waals surface area contributed by atoms with Crippen LogP contribution in [0.25, 0.3) is 0 Å². The van der Waals surface area contributed by atoms with Crippen LogP contribution in [0.5, 0.6) is 17.2 Å². The van der Waals surface area contributed by atoms with Crippen LogP contribution >= 0.6 is 11.3 Å². The van der Waals surface area contributed by atoms with Crippen molar-refractivity contribution in [2.24, 2.45) is 0 Å². The monoisotopic (exact) mass is 462 g/mol. The van der Waals surface area contributed by atoms with Crippen LogP contribution in [-0.2, 0) is 14.8 Å². The lowest BCUT2D eigenvalue weighted by molar-refractivity contribution is -0.118. The van der Waals surface area contributed by atoms with E-state index in [1.165, 1.54) is 25.6 Å². The van der Waals surface area contributed by atoms with Crippen molar-refractivity contribution in [3.63, 3.8) is 0 Å². The zero-order chi connectivity index (χ0) is 22.4. The van der Waals surface area contributed by atoms with Crippen LogP contribution in [0.15, 0.2) is 64.2 Å². The molecule has 0 bridgehead atoms. The number of benzene rings is 2. The average Bonchev–Trinajstić information content (AvgIpc) is 3.33. The van der Waals surface area contributed by atoms with E-state index in [1.54, 1.807) is 60.0 Å². The van der Waals surface area contributed by atoms with Gasteiger partial charge in [0.2, 0.25) is 0 Å². The maximum atomic E-state index is 12.6. The largest absolute Gasteiger partial charge is 0.497 e. The van der Waals surface area contributed by atoms with Crippen molar-refractivity contribution >= 4 is 38.6 Å². The van der Waals surface area contributed by atoms with Gasteiger partial charge in [-0.2, -0.15) is 0 Å². The van der Waals surface area contributed by atoms with Crippen LogP contribution < -0.4 is 23.8 Å². The number of hydrogen-bond acceptors (Lipinski definition) is 7. The van der Waals surface area contributed by atoms with E-state index in [1.807, 2.05) is 0 Å². The number of hydrogen-bond donors (Lipinski definition) is 1. The maximum absolute atomic E-state index is 12.6. The summed E-state index contributed by atoms with van der Waals surface area (Å²) >= 11 is 1.16. The van der Waals surface area contributed by atoms with E-state index in [4.69, 9.17) is 14.2 Å². The molecule has 164 valence electrons. The van der Waals surface area contributed by atoms with Crippen LogP contribution in [-0.4, -0.2) is 42.2 Å². The van der Waals surface area contributed by atoms with Gasteiger partial charge in [-0.25, -0.2) is 8.42 Å². The molecule has 31 heavy (non-hydrogen) atoms. The first kappa shape index (κ1) is 22.4. The Morgan fingerprint density at radius 2 is 1.65 bits per heavy atom. The summed E-state index contributed by atoms with van der Waals surface area (Å²) in [5.74, 6) is 1.17. The summed E-state index contributed by atoms with van der Waals surface area (Å²) in [5.41, 5.74) is 0.995. The number of methoxy groups -OCH3 is 2. The Morgan fingerprint density at radius 3 is 2.19 bits per heavy atom. The minimum absolute atomic E-state index is 0.220. The van der Waals surface area contributed by atoms with Crippen molar-refractivity contribution in [2.75, 3.05) is 37.5 Å². The highest BCUT2D eigenvalue weighted by molar-refractivity contribution is 7.94. The standard InChI is InChI=1S/C21H22N2O6S2/c1-23(31(25,26)21-5-4-10-30-21)16-6-8-17(9-7-16)29-14-20(24)22-15-11-18(27-2)13-19(12-15)28-3/h4-13H,14H2,1-3H3,(H,22,24). The minimum atomic E-state index is -3.61. The Bertz CT molecular complexity index is 1110. The molecule has 3 aromatic rings. The second kappa shape index (κ2) is 9.71. The summed E-state index contributed by atoms with van der Waals surface area (Å²) in [4.78, 5) is 12.2. The van der Waals surface area contributed by atoms with Gasteiger partial charge in [-0.1, -0.05) is 6.07 Å². The SMILES string of the molecule is COc1cc(NC(=O)COc2ccc(N(C)S(=O)(=O)c3cccs3)cc2)cc(OC)c1. The van der Waals surface area contributed by atoms with Crippen molar-refractivity contribution in [1.29, 1.82) is 0 Å². The molecule has 1 N–H and O–H groups in total. The molecule has 8 nitrogen and oxygen atoms in total. The van der Waals surface area contributed by atoms with Crippen molar-refractivity contribution in [1.82, 2.24) is 0 Å². The quantitative estimate of drug-likeness (QED) is 0.522. The third-order valence-electron chi connectivity index (χ3n) is 4.32. The van der Waals surface area contributed by atoms with Crippen LogP contribution in [0.2, 0.25) is 0 Å². The molecule has 0 spiro atoms. The van der Waals surface area contributed by atoms with Crippen molar-refractivity contribution < 1.29 is 27.4 Å². The molecule has 1 amide bonds. The molecule has 1 aromatic heterocycles. The first-order chi connectivity index (χ1) is 14.8. The highest BCUT2D eigenvalue weighted by Gasteiger charge is 2.22. The number of nitrogens with zero attached hydrogens (tertiary/aromatic N) is 1. The fourth-order valence-electron chi connectivity index (χ4n) is 2.66. The molecule has 0 unspecified atom stereocenters. The molecule has 1 heterocycles. The van der Waals surface area contributed by atoms with E-state index in [9.17, 15) is 13.2 Å². The molecule has 10 heteroatoms. The van der Waals surface area contributed by atoms with Crippen LogP contribution in [0.4, 0.5) is 11.4 Å². The van der Waals surface area contributed by atoms with E-state index in [2.05, 4.69) is 5.32 Å². The number of ether oxygens (including phenoxy) is 3. The van der Waals surface area contributed by atoms with Crippen molar-refractivity contribution in [3.05, 3.63) is 60.0 Å². The summed E-state index contributed by atoms with van der Waals surface area (Å²) in [7, 11) is 0.928. The van der Waals surface area contributed by atoms with Gasteiger partial charge in [-0.05, 0) is 35.7 Å². The predicted octanol–water partition coefficient (Wildman–Crippen LogP) is 3.61. The number of carbonyl (C=O) groups excluding carboxylic acids is 1. The number of anilines is 2. The number of nitrogens with one attached hydrogen (secondary N) is 1. The second-order valence-electron chi connectivity index (χ2n) is 6.34. The van der Waals surface area contributed by atoms with Gasteiger partial charge in [0, 0.05) is 30.9 Å². The molecule has 0 saturated carbocycles. The molecule has 0 atom stereocenters.